The number of imidazole rings is 1. The zero-order valence-electron chi connectivity index (χ0n) is 11.3. The molecule has 0 spiro atoms. The van der Waals surface area contributed by atoms with Gasteiger partial charge in [-0.3, -0.25) is 13.9 Å². The van der Waals surface area contributed by atoms with E-state index in [4.69, 9.17) is 4.74 Å². The van der Waals surface area contributed by atoms with E-state index in [1.165, 1.54) is 9.13 Å². The first-order valence-corrected chi connectivity index (χ1v) is 6.45. The molecule has 0 unspecified atom stereocenters. The van der Waals surface area contributed by atoms with E-state index < -0.39 is 0 Å². The molecular formula is C14H18N2O3. The van der Waals surface area contributed by atoms with Gasteiger partial charge in [0.25, 0.3) is 0 Å². The topological polar surface area (TPSA) is 53.2 Å². The summed E-state index contributed by atoms with van der Waals surface area (Å²) in [6.45, 7) is 2.40. The number of unbranched alkanes of at least 4 members (excludes halogenated alkanes) is 1. The van der Waals surface area contributed by atoms with Crippen molar-refractivity contribution < 1.29 is 9.53 Å². The Bertz CT molecular complexity index is 640. The Morgan fingerprint density at radius 1 is 1.26 bits per heavy atom. The number of aromatic nitrogens is 2. The average Bonchev–Trinajstić information content (AvgIpc) is 2.65. The van der Waals surface area contributed by atoms with Crippen molar-refractivity contribution in [3.05, 3.63) is 34.7 Å². The van der Waals surface area contributed by atoms with Crippen LogP contribution < -0.4 is 5.69 Å². The molecule has 0 saturated carbocycles. The normalized spacial score (nSPS) is 10.8. The van der Waals surface area contributed by atoms with Crippen LogP contribution in [0.25, 0.3) is 11.0 Å². The lowest BCUT2D eigenvalue weighted by molar-refractivity contribution is -0.144. The summed E-state index contributed by atoms with van der Waals surface area (Å²) < 4.78 is 8.08. The van der Waals surface area contributed by atoms with Gasteiger partial charge in [-0.05, 0) is 18.6 Å². The van der Waals surface area contributed by atoms with Crippen molar-refractivity contribution in [3.8, 4) is 0 Å². The van der Waals surface area contributed by atoms with E-state index in [0.29, 0.717) is 6.61 Å². The molecule has 5 heteroatoms. The van der Waals surface area contributed by atoms with Gasteiger partial charge in [0.1, 0.15) is 6.54 Å². The van der Waals surface area contributed by atoms with Gasteiger partial charge in [-0.15, -0.1) is 0 Å². The van der Waals surface area contributed by atoms with Crippen molar-refractivity contribution in [3.63, 3.8) is 0 Å². The highest BCUT2D eigenvalue weighted by atomic mass is 16.5. The van der Waals surface area contributed by atoms with Gasteiger partial charge in [-0.2, -0.15) is 0 Å². The predicted molar refractivity (Wildman–Crippen MR) is 73.0 cm³/mol. The van der Waals surface area contributed by atoms with Crippen LogP contribution in [0.2, 0.25) is 0 Å². The van der Waals surface area contributed by atoms with Crippen LogP contribution in [0.1, 0.15) is 19.8 Å². The number of fused-ring (bicyclic) bond motifs is 1. The summed E-state index contributed by atoms with van der Waals surface area (Å²) in [5.41, 5.74) is 1.37. The Hall–Kier alpha value is -2.04. The molecule has 0 fully saturated rings. The molecule has 0 saturated heterocycles. The molecule has 0 bridgehead atoms. The Morgan fingerprint density at radius 3 is 2.63 bits per heavy atom. The van der Waals surface area contributed by atoms with Gasteiger partial charge >= 0.3 is 11.7 Å². The molecule has 0 atom stereocenters. The first-order chi connectivity index (χ1) is 9.15. The highest BCUT2D eigenvalue weighted by Gasteiger charge is 2.13. The van der Waals surface area contributed by atoms with Gasteiger partial charge in [0.2, 0.25) is 0 Å². The van der Waals surface area contributed by atoms with E-state index >= 15 is 0 Å². The highest BCUT2D eigenvalue weighted by Crippen LogP contribution is 2.11. The Balaban J connectivity index is 2.23. The fraction of sp³-hybridized carbons (Fsp3) is 0.429. The number of para-hydroxylation sites is 2. The predicted octanol–water partition coefficient (Wildman–Crippen LogP) is 1.68. The summed E-state index contributed by atoms with van der Waals surface area (Å²) in [5, 5.41) is 0. The molecule has 19 heavy (non-hydrogen) atoms. The first-order valence-electron chi connectivity index (χ1n) is 6.45. The van der Waals surface area contributed by atoms with E-state index in [1.54, 1.807) is 7.05 Å². The lowest BCUT2D eigenvalue weighted by atomic mass is 10.3. The van der Waals surface area contributed by atoms with Crippen LogP contribution in [-0.4, -0.2) is 21.7 Å². The minimum Gasteiger partial charge on any atom is -0.464 e. The van der Waals surface area contributed by atoms with Crippen LogP contribution in [0.3, 0.4) is 0 Å². The molecular weight excluding hydrogens is 244 g/mol. The van der Waals surface area contributed by atoms with Crippen LogP contribution in [0, 0.1) is 0 Å². The summed E-state index contributed by atoms with van der Waals surface area (Å²) in [6, 6.07) is 7.40. The summed E-state index contributed by atoms with van der Waals surface area (Å²) >= 11 is 0. The number of nitrogens with zero attached hydrogens (tertiary/aromatic N) is 2. The maximum Gasteiger partial charge on any atom is 0.329 e. The summed E-state index contributed by atoms with van der Waals surface area (Å²) in [4.78, 5) is 23.8. The molecule has 0 aliphatic rings. The number of benzene rings is 1. The smallest absolute Gasteiger partial charge is 0.329 e. The maximum absolute atomic E-state index is 12.1. The number of carbonyl (C=O) groups is 1. The largest absolute Gasteiger partial charge is 0.464 e. The van der Waals surface area contributed by atoms with Crippen LogP contribution in [0.5, 0.6) is 0 Å². The van der Waals surface area contributed by atoms with Gasteiger partial charge in [-0.25, -0.2) is 4.79 Å². The lowest BCUT2D eigenvalue weighted by Crippen LogP contribution is -2.26. The molecule has 2 rings (SSSR count). The Morgan fingerprint density at radius 2 is 1.95 bits per heavy atom. The van der Waals surface area contributed by atoms with Crippen LogP contribution in [-0.2, 0) is 23.1 Å². The second kappa shape index (κ2) is 5.73. The second-order valence-corrected chi connectivity index (χ2v) is 4.49. The quantitative estimate of drug-likeness (QED) is 0.608. The third-order valence-electron chi connectivity index (χ3n) is 3.10. The van der Waals surface area contributed by atoms with Crippen molar-refractivity contribution in [2.75, 3.05) is 6.61 Å². The van der Waals surface area contributed by atoms with Crippen molar-refractivity contribution >= 4 is 17.0 Å². The Kier molecular flexibility index (Phi) is 4.04. The van der Waals surface area contributed by atoms with Crippen LogP contribution in [0.15, 0.2) is 29.1 Å². The first kappa shape index (κ1) is 13.4. The van der Waals surface area contributed by atoms with E-state index in [2.05, 4.69) is 0 Å². The number of esters is 1. The minimum absolute atomic E-state index is 0.0378. The van der Waals surface area contributed by atoms with Gasteiger partial charge in [-0.1, -0.05) is 25.5 Å². The summed E-state index contributed by atoms with van der Waals surface area (Å²) in [7, 11) is 1.70. The lowest BCUT2D eigenvalue weighted by Gasteiger charge is -2.04. The molecule has 102 valence electrons. The second-order valence-electron chi connectivity index (χ2n) is 4.49. The molecule has 1 heterocycles. The van der Waals surface area contributed by atoms with E-state index in [9.17, 15) is 9.59 Å². The average molecular weight is 262 g/mol. The van der Waals surface area contributed by atoms with Gasteiger partial charge in [0, 0.05) is 7.05 Å². The zero-order chi connectivity index (χ0) is 13.8. The summed E-state index contributed by atoms with van der Waals surface area (Å²) in [6.07, 6.45) is 1.82. The number of rotatable bonds is 5. The van der Waals surface area contributed by atoms with Crippen molar-refractivity contribution in [2.45, 2.75) is 26.3 Å². The molecule has 0 radical (unpaired) electrons. The molecule has 2 aromatic rings. The number of hydrogen-bond acceptors (Lipinski definition) is 3. The molecule has 0 amide bonds. The fourth-order valence-corrected chi connectivity index (χ4v) is 2.02. The molecule has 0 aliphatic heterocycles. The van der Waals surface area contributed by atoms with Crippen molar-refractivity contribution in [1.29, 1.82) is 0 Å². The highest BCUT2D eigenvalue weighted by molar-refractivity contribution is 5.78. The van der Waals surface area contributed by atoms with E-state index in [0.717, 1.165) is 23.9 Å². The third-order valence-corrected chi connectivity index (χ3v) is 3.10. The molecule has 1 aromatic carbocycles. The van der Waals surface area contributed by atoms with Gasteiger partial charge < -0.3 is 4.74 Å². The van der Waals surface area contributed by atoms with Crippen LogP contribution >= 0.6 is 0 Å². The molecule has 0 N–H and O–H groups in total. The van der Waals surface area contributed by atoms with Gasteiger partial charge in [0.05, 0.1) is 17.6 Å². The van der Waals surface area contributed by atoms with E-state index in [-0.39, 0.29) is 18.2 Å². The number of hydrogen-bond donors (Lipinski definition) is 0. The van der Waals surface area contributed by atoms with Gasteiger partial charge in [0.15, 0.2) is 0 Å². The van der Waals surface area contributed by atoms with Crippen molar-refractivity contribution in [2.24, 2.45) is 7.05 Å². The number of ether oxygens (including phenoxy) is 1. The third kappa shape index (κ3) is 2.70. The number of aryl methyl sites for hydroxylation is 1. The monoisotopic (exact) mass is 262 g/mol. The van der Waals surface area contributed by atoms with Crippen LogP contribution in [0.4, 0.5) is 0 Å². The molecule has 5 nitrogen and oxygen atoms in total. The molecule has 0 aliphatic carbocycles. The minimum atomic E-state index is -0.369. The van der Waals surface area contributed by atoms with E-state index in [1.807, 2.05) is 31.2 Å². The Labute approximate surface area is 111 Å². The zero-order valence-corrected chi connectivity index (χ0v) is 11.3. The standard InChI is InChI=1S/C14H18N2O3/c1-3-4-9-19-13(17)10-16-12-8-6-5-7-11(12)15(2)14(16)18/h5-8H,3-4,9-10H2,1-2H3. The maximum atomic E-state index is 12.1. The fourth-order valence-electron chi connectivity index (χ4n) is 2.02. The summed E-state index contributed by atoms with van der Waals surface area (Å²) in [5.74, 6) is -0.369. The molecule has 1 aromatic heterocycles. The van der Waals surface area contributed by atoms with Crippen molar-refractivity contribution in [1.82, 2.24) is 9.13 Å². The SMILES string of the molecule is CCCCOC(=O)Cn1c(=O)n(C)c2ccccc21. The number of carbonyl (C=O) groups excluding carboxylic acids is 1.